The summed E-state index contributed by atoms with van der Waals surface area (Å²) >= 11 is 7.81. The van der Waals surface area contributed by atoms with Gasteiger partial charge in [0.2, 0.25) is 0 Å². The summed E-state index contributed by atoms with van der Waals surface area (Å²) in [6, 6.07) is 3.85. The molecule has 66 valence electrons. The molecule has 0 saturated carbocycles. The normalized spacial score (nSPS) is 12.9. The highest BCUT2D eigenvalue weighted by atomic mass is 79.9. The molecule has 0 saturated heterocycles. The molecule has 0 amide bonds. The minimum Gasteiger partial charge on any atom is -0.330 e. The number of nitrogens with zero attached hydrogens (tertiary/aromatic N) is 1. The Morgan fingerprint density at radius 2 is 2.42 bits per heavy atom. The van der Waals surface area contributed by atoms with Crippen molar-refractivity contribution >= 4 is 28.6 Å². The number of rotatable bonds is 3. The molecular formula is C8H11BrN2S. The molecule has 1 unspecified atom stereocenters. The summed E-state index contributed by atoms with van der Waals surface area (Å²) in [7, 11) is 0. The Balaban J connectivity index is 2.79. The summed E-state index contributed by atoms with van der Waals surface area (Å²) in [6.45, 7) is 0.636. The molecule has 1 heterocycles. The molecule has 0 aliphatic rings. The molecule has 0 bridgehead atoms. The lowest BCUT2D eigenvalue weighted by molar-refractivity contribution is 0.793. The van der Waals surface area contributed by atoms with E-state index in [4.69, 9.17) is 5.73 Å². The van der Waals surface area contributed by atoms with E-state index in [-0.39, 0.29) is 5.25 Å². The topological polar surface area (TPSA) is 38.9 Å². The lowest BCUT2D eigenvalue weighted by atomic mass is 10.2. The predicted octanol–water partition coefficient (Wildman–Crippen LogP) is 2.16. The maximum Gasteiger partial charge on any atom is 0.0673 e. The van der Waals surface area contributed by atoms with Crippen molar-refractivity contribution in [2.24, 2.45) is 5.73 Å². The number of hydrogen-bond acceptors (Lipinski definition) is 3. The third-order valence-electron chi connectivity index (χ3n) is 1.54. The van der Waals surface area contributed by atoms with Gasteiger partial charge in [0.15, 0.2) is 0 Å². The molecule has 4 heteroatoms. The highest BCUT2D eigenvalue weighted by Crippen LogP contribution is 2.27. The second kappa shape index (κ2) is 4.84. The van der Waals surface area contributed by atoms with Crippen LogP contribution in [0.4, 0.5) is 0 Å². The van der Waals surface area contributed by atoms with Crippen molar-refractivity contribution < 1.29 is 0 Å². The zero-order valence-electron chi connectivity index (χ0n) is 6.57. The Morgan fingerprint density at radius 1 is 1.67 bits per heavy atom. The predicted molar refractivity (Wildman–Crippen MR) is 57.3 cm³/mol. The van der Waals surface area contributed by atoms with Crippen LogP contribution < -0.4 is 5.73 Å². The minimum absolute atomic E-state index is 0.130. The van der Waals surface area contributed by atoms with Crippen LogP contribution in [0.3, 0.4) is 0 Å². The van der Waals surface area contributed by atoms with E-state index >= 15 is 0 Å². The van der Waals surface area contributed by atoms with Crippen molar-refractivity contribution in [2.45, 2.75) is 11.7 Å². The molecule has 0 spiro atoms. The third-order valence-corrected chi connectivity index (χ3v) is 2.72. The van der Waals surface area contributed by atoms with Crippen LogP contribution in [-0.4, -0.2) is 11.5 Å². The van der Waals surface area contributed by atoms with Gasteiger partial charge in [0.1, 0.15) is 0 Å². The second-order valence-electron chi connectivity index (χ2n) is 2.46. The average molecular weight is 247 g/mol. The van der Waals surface area contributed by atoms with Crippen molar-refractivity contribution in [3.63, 3.8) is 0 Å². The molecule has 0 fully saturated rings. The van der Waals surface area contributed by atoms with Crippen LogP contribution in [0.5, 0.6) is 0 Å². The van der Waals surface area contributed by atoms with Gasteiger partial charge in [0, 0.05) is 15.9 Å². The molecule has 0 aliphatic carbocycles. The van der Waals surface area contributed by atoms with Gasteiger partial charge in [-0.3, -0.25) is 4.98 Å². The van der Waals surface area contributed by atoms with Gasteiger partial charge in [-0.15, -0.1) is 0 Å². The Morgan fingerprint density at radius 3 is 3.00 bits per heavy atom. The van der Waals surface area contributed by atoms with Crippen molar-refractivity contribution in [1.29, 1.82) is 0 Å². The number of thiol groups is 1. The molecule has 0 aliphatic heterocycles. The number of pyridine rings is 1. The lowest BCUT2D eigenvalue weighted by Crippen LogP contribution is -2.04. The summed E-state index contributed by atoms with van der Waals surface area (Å²) < 4.78 is 0.999. The summed E-state index contributed by atoms with van der Waals surface area (Å²) in [6.07, 6.45) is 2.61. The van der Waals surface area contributed by atoms with E-state index < -0.39 is 0 Å². The Hall–Kier alpha value is -0.0600. The quantitative estimate of drug-likeness (QED) is 0.803. The van der Waals surface area contributed by atoms with Crippen LogP contribution >= 0.6 is 28.6 Å². The van der Waals surface area contributed by atoms with Gasteiger partial charge < -0.3 is 5.73 Å². The fraction of sp³-hybridized carbons (Fsp3) is 0.375. The van der Waals surface area contributed by atoms with Crippen LogP contribution in [0.15, 0.2) is 22.8 Å². The maximum absolute atomic E-state index is 5.42. The molecule has 2 nitrogen and oxygen atoms in total. The van der Waals surface area contributed by atoms with Crippen LogP contribution in [0.25, 0.3) is 0 Å². The number of aromatic nitrogens is 1. The smallest absolute Gasteiger partial charge is 0.0673 e. The molecule has 12 heavy (non-hydrogen) atoms. The van der Waals surface area contributed by atoms with E-state index in [1.807, 2.05) is 12.1 Å². The third kappa shape index (κ3) is 2.47. The van der Waals surface area contributed by atoms with Crippen LogP contribution in [0.2, 0.25) is 0 Å². The fourth-order valence-corrected chi connectivity index (χ4v) is 2.00. The molecule has 1 aromatic rings. The first-order chi connectivity index (χ1) is 5.75. The fourth-order valence-electron chi connectivity index (χ4n) is 0.938. The highest BCUT2D eigenvalue weighted by molar-refractivity contribution is 9.10. The first-order valence-corrected chi connectivity index (χ1v) is 5.05. The van der Waals surface area contributed by atoms with E-state index in [9.17, 15) is 0 Å². The molecule has 0 radical (unpaired) electrons. The molecule has 2 N–H and O–H groups in total. The zero-order valence-corrected chi connectivity index (χ0v) is 9.05. The van der Waals surface area contributed by atoms with Crippen molar-refractivity contribution in [3.8, 4) is 0 Å². The van der Waals surface area contributed by atoms with Gasteiger partial charge in [-0.25, -0.2) is 0 Å². The van der Waals surface area contributed by atoms with E-state index in [1.54, 1.807) is 6.20 Å². The van der Waals surface area contributed by atoms with Gasteiger partial charge in [-0.05, 0) is 41.0 Å². The highest BCUT2D eigenvalue weighted by Gasteiger charge is 2.09. The SMILES string of the molecule is NCCC(S)c1ncccc1Br. The number of nitrogens with two attached hydrogens (primary N) is 1. The maximum atomic E-state index is 5.42. The van der Waals surface area contributed by atoms with E-state index in [2.05, 4.69) is 33.5 Å². The van der Waals surface area contributed by atoms with Gasteiger partial charge in [0.05, 0.1) is 5.69 Å². The minimum atomic E-state index is 0.130. The lowest BCUT2D eigenvalue weighted by Gasteiger charge is -2.09. The first kappa shape index (κ1) is 10.0. The summed E-state index contributed by atoms with van der Waals surface area (Å²) in [5.74, 6) is 0. The molecule has 1 rings (SSSR count). The molecule has 1 atom stereocenters. The van der Waals surface area contributed by atoms with Gasteiger partial charge in [0.25, 0.3) is 0 Å². The largest absolute Gasteiger partial charge is 0.330 e. The molecular weight excluding hydrogens is 236 g/mol. The Bertz CT molecular complexity index is 255. The van der Waals surface area contributed by atoms with Gasteiger partial charge >= 0.3 is 0 Å². The Labute approximate surface area is 86.1 Å². The first-order valence-electron chi connectivity index (χ1n) is 3.74. The summed E-state index contributed by atoms with van der Waals surface area (Å²) in [4.78, 5) is 4.22. The average Bonchev–Trinajstić information content (AvgIpc) is 2.05. The van der Waals surface area contributed by atoms with E-state index in [0.29, 0.717) is 6.54 Å². The van der Waals surface area contributed by atoms with Crippen LogP contribution in [0.1, 0.15) is 17.4 Å². The molecule has 1 aromatic heterocycles. The van der Waals surface area contributed by atoms with Crippen molar-refractivity contribution in [2.75, 3.05) is 6.54 Å². The van der Waals surface area contributed by atoms with E-state index in [1.165, 1.54) is 0 Å². The van der Waals surface area contributed by atoms with Gasteiger partial charge in [-0.2, -0.15) is 12.6 Å². The second-order valence-corrected chi connectivity index (χ2v) is 3.94. The van der Waals surface area contributed by atoms with Crippen molar-refractivity contribution in [1.82, 2.24) is 4.98 Å². The van der Waals surface area contributed by atoms with Crippen molar-refractivity contribution in [3.05, 3.63) is 28.5 Å². The van der Waals surface area contributed by atoms with Crippen LogP contribution in [-0.2, 0) is 0 Å². The zero-order chi connectivity index (χ0) is 8.97. The van der Waals surface area contributed by atoms with E-state index in [0.717, 1.165) is 16.6 Å². The summed E-state index contributed by atoms with van der Waals surface area (Å²) in [5.41, 5.74) is 6.39. The molecule has 0 aromatic carbocycles. The van der Waals surface area contributed by atoms with Crippen LogP contribution in [0, 0.1) is 0 Å². The van der Waals surface area contributed by atoms with Gasteiger partial charge in [-0.1, -0.05) is 0 Å². The summed E-state index contributed by atoms with van der Waals surface area (Å²) in [5, 5.41) is 0.130. The number of hydrogen-bond donors (Lipinski definition) is 2. The standard InChI is InChI=1S/C8H11BrN2S/c9-6-2-1-5-11-8(6)7(12)3-4-10/h1-2,5,7,12H,3-4,10H2. The number of halogens is 1. The monoisotopic (exact) mass is 246 g/mol. The Kier molecular flexibility index (Phi) is 4.05.